The van der Waals surface area contributed by atoms with E-state index >= 15 is 0 Å². The van der Waals surface area contributed by atoms with Crippen LogP contribution in [0.4, 0.5) is 4.39 Å². The molecule has 0 unspecified atom stereocenters. The van der Waals surface area contributed by atoms with Gasteiger partial charge in [0.2, 0.25) is 0 Å². The zero-order chi connectivity index (χ0) is 20.1. The van der Waals surface area contributed by atoms with Crippen LogP contribution in [0.5, 0.6) is 11.5 Å². The number of ether oxygens (including phenoxy) is 2. The van der Waals surface area contributed by atoms with Crippen molar-refractivity contribution in [2.45, 2.75) is 25.7 Å². The Morgan fingerprint density at radius 2 is 2.04 bits per heavy atom. The third-order valence-electron chi connectivity index (χ3n) is 4.95. The van der Waals surface area contributed by atoms with Gasteiger partial charge >= 0.3 is 5.97 Å². The van der Waals surface area contributed by atoms with Gasteiger partial charge in [-0.3, -0.25) is 9.69 Å². The Balaban J connectivity index is 1.66. The summed E-state index contributed by atoms with van der Waals surface area (Å²) in [7, 11) is 1.53. The first-order valence-electron chi connectivity index (χ1n) is 9.14. The van der Waals surface area contributed by atoms with Crippen LogP contribution in [0.2, 0.25) is 0 Å². The predicted molar refractivity (Wildman–Crippen MR) is 101 cm³/mol. The van der Waals surface area contributed by atoms with Crippen molar-refractivity contribution in [3.05, 3.63) is 59.4 Å². The third kappa shape index (κ3) is 4.79. The van der Waals surface area contributed by atoms with Crippen molar-refractivity contribution < 1.29 is 28.9 Å². The summed E-state index contributed by atoms with van der Waals surface area (Å²) < 4.78 is 24.9. The molecule has 0 aliphatic carbocycles. The quantitative estimate of drug-likeness (QED) is 0.758. The first-order valence-corrected chi connectivity index (χ1v) is 9.14. The number of carbonyl (C=O) groups is 1. The van der Waals surface area contributed by atoms with Crippen LogP contribution >= 0.6 is 0 Å². The number of carboxylic acid groups (broad SMARTS) is 1. The van der Waals surface area contributed by atoms with Gasteiger partial charge in [-0.15, -0.1) is 0 Å². The first kappa shape index (κ1) is 20.1. The summed E-state index contributed by atoms with van der Waals surface area (Å²) in [5, 5.41) is 19.1. The van der Waals surface area contributed by atoms with Crippen LogP contribution in [0, 0.1) is 11.7 Å². The van der Waals surface area contributed by atoms with E-state index in [1.165, 1.54) is 13.2 Å². The molecule has 0 saturated carbocycles. The number of halogens is 1. The van der Waals surface area contributed by atoms with Gasteiger partial charge in [0, 0.05) is 25.2 Å². The topological polar surface area (TPSA) is 79.2 Å². The van der Waals surface area contributed by atoms with Gasteiger partial charge in [-0.05, 0) is 30.2 Å². The van der Waals surface area contributed by atoms with E-state index in [-0.39, 0.29) is 12.4 Å². The van der Waals surface area contributed by atoms with Crippen molar-refractivity contribution in [3.8, 4) is 11.5 Å². The van der Waals surface area contributed by atoms with Gasteiger partial charge in [0.05, 0.1) is 19.1 Å². The molecule has 6 nitrogen and oxygen atoms in total. The molecule has 2 aromatic carbocycles. The molecule has 0 spiro atoms. The molecule has 0 amide bonds. The molecule has 2 N–H and O–H groups in total. The minimum Gasteiger partial charge on any atom is -0.493 e. The maximum atomic E-state index is 13.7. The summed E-state index contributed by atoms with van der Waals surface area (Å²) in [5.41, 5.74) is 1.40. The fourth-order valence-electron chi connectivity index (χ4n) is 3.35. The average molecular weight is 389 g/mol. The smallest absolute Gasteiger partial charge is 0.310 e. The lowest BCUT2D eigenvalue weighted by molar-refractivity contribution is -0.149. The van der Waals surface area contributed by atoms with E-state index in [4.69, 9.17) is 9.47 Å². The van der Waals surface area contributed by atoms with Gasteiger partial charge in [-0.2, -0.15) is 0 Å². The maximum absolute atomic E-state index is 13.7. The lowest BCUT2D eigenvalue weighted by Gasteiger charge is -2.34. The van der Waals surface area contributed by atoms with Crippen LogP contribution in [0.1, 0.15) is 17.5 Å². The van der Waals surface area contributed by atoms with Crippen LogP contribution in [0.15, 0.2) is 42.5 Å². The number of benzene rings is 2. The van der Waals surface area contributed by atoms with Gasteiger partial charge < -0.3 is 19.7 Å². The Bertz CT molecular complexity index is 828. The van der Waals surface area contributed by atoms with Crippen molar-refractivity contribution in [2.75, 3.05) is 20.2 Å². The Morgan fingerprint density at radius 3 is 2.75 bits per heavy atom. The van der Waals surface area contributed by atoms with Crippen LogP contribution < -0.4 is 9.47 Å². The van der Waals surface area contributed by atoms with E-state index in [9.17, 15) is 19.4 Å². The highest BCUT2D eigenvalue weighted by Gasteiger charge is 2.33. The van der Waals surface area contributed by atoms with E-state index < -0.39 is 18.0 Å². The molecular weight excluding hydrogens is 365 g/mol. The molecule has 2 aromatic rings. The summed E-state index contributed by atoms with van der Waals surface area (Å²) in [6, 6.07) is 11.9. The largest absolute Gasteiger partial charge is 0.493 e. The van der Waals surface area contributed by atoms with Crippen molar-refractivity contribution in [2.24, 2.45) is 5.92 Å². The fourth-order valence-corrected chi connectivity index (χ4v) is 3.35. The molecule has 0 aromatic heterocycles. The Labute approximate surface area is 163 Å². The molecule has 0 radical (unpaired) electrons. The summed E-state index contributed by atoms with van der Waals surface area (Å²) in [6.07, 6.45) is -0.379. The second kappa shape index (κ2) is 9.03. The minimum atomic E-state index is -0.980. The minimum absolute atomic E-state index is 0.0900. The number of methoxy groups -OCH3 is 1. The molecule has 3 rings (SSSR count). The zero-order valence-corrected chi connectivity index (χ0v) is 15.7. The normalized spacial score (nSPS) is 20.0. The summed E-state index contributed by atoms with van der Waals surface area (Å²) in [5.74, 6) is -1.04. The fraction of sp³-hybridized carbons (Fsp3) is 0.381. The number of aliphatic hydroxyl groups is 1. The molecule has 1 heterocycles. The van der Waals surface area contributed by atoms with Crippen molar-refractivity contribution in [1.29, 1.82) is 0 Å². The van der Waals surface area contributed by atoms with Crippen LogP contribution in [-0.2, 0) is 17.9 Å². The summed E-state index contributed by atoms with van der Waals surface area (Å²) >= 11 is 0. The molecular formula is C21H24FNO5. The highest BCUT2D eigenvalue weighted by Crippen LogP contribution is 2.30. The second-order valence-electron chi connectivity index (χ2n) is 6.90. The number of rotatable bonds is 7. The van der Waals surface area contributed by atoms with E-state index in [1.807, 2.05) is 17.0 Å². The van der Waals surface area contributed by atoms with Gasteiger partial charge in [-0.1, -0.05) is 24.3 Å². The molecule has 1 aliphatic heterocycles. The third-order valence-corrected chi connectivity index (χ3v) is 4.95. The molecule has 7 heteroatoms. The van der Waals surface area contributed by atoms with Crippen LogP contribution in [0.25, 0.3) is 0 Å². The van der Waals surface area contributed by atoms with E-state index in [2.05, 4.69) is 0 Å². The molecule has 2 atom stereocenters. The van der Waals surface area contributed by atoms with E-state index in [0.29, 0.717) is 43.1 Å². The SMILES string of the molecule is COc1cc(CN2CC[C@@H](O)[C@@H](C(=O)O)C2)ccc1OCc1ccccc1F. The maximum Gasteiger partial charge on any atom is 0.310 e. The summed E-state index contributed by atoms with van der Waals surface area (Å²) in [6.45, 7) is 1.55. The number of likely N-dealkylation sites (tertiary alicyclic amines) is 1. The number of aliphatic carboxylic acids is 1. The molecule has 1 saturated heterocycles. The monoisotopic (exact) mass is 389 g/mol. The van der Waals surface area contributed by atoms with Crippen LogP contribution in [-0.4, -0.2) is 47.4 Å². The summed E-state index contributed by atoms with van der Waals surface area (Å²) in [4.78, 5) is 13.3. The lowest BCUT2D eigenvalue weighted by Crippen LogP contribution is -2.46. The zero-order valence-electron chi connectivity index (χ0n) is 15.7. The number of carboxylic acids is 1. The van der Waals surface area contributed by atoms with E-state index in [0.717, 1.165) is 5.56 Å². The van der Waals surface area contributed by atoms with E-state index in [1.54, 1.807) is 24.3 Å². The van der Waals surface area contributed by atoms with Gasteiger partial charge in [0.1, 0.15) is 12.4 Å². The first-order chi connectivity index (χ1) is 13.5. The molecule has 1 aliphatic rings. The Kier molecular flexibility index (Phi) is 6.49. The second-order valence-corrected chi connectivity index (χ2v) is 6.90. The van der Waals surface area contributed by atoms with Gasteiger partial charge in [0.25, 0.3) is 0 Å². The number of hydrogen-bond acceptors (Lipinski definition) is 5. The van der Waals surface area contributed by atoms with Crippen LogP contribution in [0.3, 0.4) is 0 Å². The predicted octanol–water partition coefficient (Wildman–Crippen LogP) is 2.68. The Morgan fingerprint density at radius 1 is 1.25 bits per heavy atom. The Hall–Kier alpha value is -2.64. The number of aliphatic hydroxyl groups excluding tert-OH is 1. The van der Waals surface area contributed by atoms with Crippen molar-refractivity contribution >= 4 is 5.97 Å². The average Bonchev–Trinajstić information content (AvgIpc) is 2.69. The molecule has 0 bridgehead atoms. The van der Waals surface area contributed by atoms with Crippen molar-refractivity contribution in [3.63, 3.8) is 0 Å². The molecule has 28 heavy (non-hydrogen) atoms. The number of hydrogen-bond donors (Lipinski definition) is 2. The molecule has 1 fully saturated rings. The lowest BCUT2D eigenvalue weighted by atomic mass is 9.94. The highest BCUT2D eigenvalue weighted by molar-refractivity contribution is 5.71. The van der Waals surface area contributed by atoms with Gasteiger partial charge in [-0.25, -0.2) is 4.39 Å². The standard InChI is InChI=1S/C21H24FNO5/c1-27-20-10-14(11-23-9-8-18(24)16(12-23)21(25)26)6-7-19(20)28-13-15-4-2-3-5-17(15)22/h2-7,10,16,18,24H,8-9,11-13H2,1H3,(H,25,26)/t16-,18+/m0/s1. The van der Waals surface area contributed by atoms with Gasteiger partial charge in [0.15, 0.2) is 11.5 Å². The van der Waals surface area contributed by atoms with Crippen molar-refractivity contribution in [1.82, 2.24) is 4.90 Å². The number of piperidine rings is 1. The highest BCUT2D eigenvalue weighted by atomic mass is 19.1. The number of nitrogens with zero attached hydrogens (tertiary/aromatic N) is 1. The molecule has 150 valence electrons.